The topological polar surface area (TPSA) is 58.4 Å². The normalized spacial score (nSPS) is 13.6. The number of benzene rings is 2. The van der Waals surface area contributed by atoms with E-state index in [2.05, 4.69) is 29.3 Å². The van der Waals surface area contributed by atoms with E-state index in [0.717, 1.165) is 29.0 Å². The second kappa shape index (κ2) is 4.89. The van der Waals surface area contributed by atoms with Crippen molar-refractivity contribution in [1.29, 1.82) is 0 Å². The largest absolute Gasteiger partial charge is 0.352 e. The number of anilines is 2. The molecule has 20 heavy (non-hydrogen) atoms. The maximum absolute atomic E-state index is 11.3. The van der Waals surface area contributed by atoms with E-state index in [9.17, 15) is 4.79 Å². The molecule has 2 amide bonds. The molecule has 1 aliphatic rings. The van der Waals surface area contributed by atoms with E-state index in [1.165, 1.54) is 0 Å². The molecule has 0 aromatic heterocycles. The Labute approximate surface area is 118 Å². The molecule has 1 aliphatic heterocycles. The highest BCUT2D eigenvalue weighted by molar-refractivity contribution is 5.79. The molecule has 0 saturated carbocycles. The minimum atomic E-state index is -0.510. The third-order valence-corrected chi connectivity index (χ3v) is 3.68. The lowest BCUT2D eigenvalue weighted by Gasteiger charge is -2.37. The maximum Gasteiger partial charge on any atom is 0.312 e. The van der Waals surface area contributed by atoms with Gasteiger partial charge in [0.2, 0.25) is 0 Å². The average molecular weight is 267 g/mol. The van der Waals surface area contributed by atoms with Crippen LogP contribution in [-0.2, 0) is 0 Å². The summed E-state index contributed by atoms with van der Waals surface area (Å²) in [6, 6.07) is 15.5. The summed E-state index contributed by atoms with van der Waals surface area (Å²) in [6.45, 7) is 2.99. The van der Waals surface area contributed by atoms with E-state index in [0.29, 0.717) is 0 Å². The van der Waals surface area contributed by atoms with Gasteiger partial charge in [-0.05, 0) is 19.1 Å². The lowest BCUT2D eigenvalue weighted by Crippen LogP contribution is -2.37. The summed E-state index contributed by atoms with van der Waals surface area (Å²) < 4.78 is 0. The first-order valence-corrected chi connectivity index (χ1v) is 6.73. The van der Waals surface area contributed by atoms with Gasteiger partial charge in [0.15, 0.2) is 0 Å². The van der Waals surface area contributed by atoms with E-state index in [4.69, 9.17) is 5.73 Å². The standard InChI is InChI=1S/C16H17N3O/c1-2-19-13-9-5-3-7-11(13)15(18-16(17)20)12-8-4-6-10-14(12)19/h3-10,15H,2H2,1H3,(H3,17,18,20). The van der Waals surface area contributed by atoms with E-state index in [-0.39, 0.29) is 6.04 Å². The molecule has 3 rings (SSSR count). The van der Waals surface area contributed by atoms with Crippen molar-refractivity contribution in [3.8, 4) is 0 Å². The number of urea groups is 1. The smallest absolute Gasteiger partial charge is 0.312 e. The van der Waals surface area contributed by atoms with Crippen LogP contribution in [0.15, 0.2) is 48.5 Å². The molecule has 4 nitrogen and oxygen atoms in total. The molecule has 0 radical (unpaired) electrons. The van der Waals surface area contributed by atoms with Crippen molar-refractivity contribution >= 4 is 17.4 Å². The number of nitrogens with zero attached hydrogens (tertiary/aromatic N) is 1. The van der Waals surface area contributed by atoms with E-state index in [1.807, 2.05) is 36.4 Å². The van der Waals surface area contributed by atoms with Crippen molar-refractivity contribution in [2.75, 3.05) is 11.4 Å². The molecule has 0 atom stereocenters. The number of para-hydroxylation sites is 2. The molecule has 4 heteroatoms. The first-order chi connectivity index (χ1) is 9.72. The zero-order chi connectivity index (χ0) is 14.1. The highest BCUT2D eigenvalue weighted by Crippen LogP contribution is 2.43. The van der Waals surface area contributed by atoms with Crippen molar-refractivity contribution < 1.29 is 4.79 Å². The molecule has 0 bridgehead atoms. The highest BCUT2D eigenvalue weighted by Gasteiger charge is 2.29. The summed E-state index contributed by atoms with van der Waals surface area (Å²) in [4.78, 5) is 13.6. The van der Waals surface area contributed by atoms with Crippen LogP contribution in [0.25, 0.3) is 0 Å². The second-order valence-corrected chi connectivity index (χ2v) is 4.80. The third kappa shape index (κ3) is 1.90. The Kier molecular flexibility index (Phi) is 3.06. The minimum Gasteiger partial charge on any atom is -0.352 e. The first-order valence-electron chi connectivity index (χ1n) is 6.73. The van der Waals surface area contributed by atoms with Gasteiger partial charge < -0.3 is 16.0 Å². The van der Waals surface area contributed by atoms with Crippen molar-refractivity contribution in [3.05, 3.63) is 59.7 Å². The van der Waals surface area contributed by atoms with Gasteiger partial charge in [-0.3, -0.25) is 0 Å². The molecule has 0 saturated heterocycles. The Morgan fingerprint density at radius 1 is 1.10 bits per heavy atom. The average Bonchev–Trinajstić information content (AvgIpc) is 2.47. The molecule has 2 aromatic carbocycles. The van der Waals surface area contributed by atoms with Gasteiger partial charge in [-0.15, -0.1) is 0 Å². The number of fused-ring (bicyclic) bond motifs is 2. The lowest BCUT2D eigenvalue weighted by atomic mass is 9.90. The summed E-state index contributed by atoms with van der Waals surface area (Å²) in [5.74, 6) is 0. The van der Waals surface area contributed by atoms with E-state index >= 15 is 0 Å². The fourth-order valence-corrected chi connectivity index (χ4v) is 2.89. The molecule has 0 spiro atoms. The number of hydrogen-bond acceptors (Lipinski definition) is 2. The fraction of sp³-hybridized carbons (Fsp3) is 0.188. The van der Waals surface area contributed by atoms with E-state index < -0.39 is 6.03 Å². The molecule has 102 valence electrons. The molecule has 1 heterocycles. The number of carbonyl (C=O) groups excluding carboxylic acids is 1. The molecule has 2 aromatic rings. The maximum atomic E-state index is 11.3. The van der Waals surface area contributed by atoms with Gasteiger partial charge in [0.05, 0.1) is 6.04 Å². The Morgan fingerprint density at radius 2 is 1.60 bits per heavy atom. The van der Waals surface area contributed by atoms with Crippen LogP contribution in [0.2, 0.25) is 0 Å². The summed E-state index contributed by atoms with van der Waals surface area (Å²) in [6.07, 6.45) is 0. The van der Waals surface area contributed by atoms with Crippen molar-refractivity contribution in [1.82, 2.24) is 5.32 Å². The van der Waals surface area contributed by atoms with Crippen molar-refractivity contribution in [2.45, 2.75) is 13.0 Å². The van der Waals surface area contributed by atoms with E-state index in [1.54, 1.807) is 0 Å². The lowest BCUT2D eigenvalue weighted by molar-refractivity contribution is 0.247. The molecular weight excluding hydrogens is 250 g/mol. The number of carbonyl (C=O) groups is 1. The third-order valence-electron chi connectivity index (χ3n) is 3.68. The Balaban J connectivity index is 2.21. The highest BCUT2D eigenvalue weighted by atomic mass is 16.2. The van der Waals surface area contributed by atoms with Gasteiger partial charge >= 0.3 is 6.03 Å². The van der Waals surface area contributed by atoms with Gasteiger partial charge in [-0.25, -0.2) is 4.79 Å². The fourth-order valence-electron chi connectivity index (χ4n) is 2.89. The van der Waals surface area contributed by atoms with Gasteiger partial charge in [0.25, 0.3) is 0 Å². The number of hydrogen-bond donors (Lipinski definition) is 2. The molecule has 0 aliphatic carbocycles. The SMILES string of the molecule is CCN1c2ccccc2C(NC(N)=O)c2ccccc21. The Morgan fingerprint density at radius 3 is 2.05 bits per heavy atom. The predicted molar refractivity (Wildman–Crippen MR) is 80.1 cm³/mol. The molecule has 3 N–H and O–H groups in total. The summed E-state index contributed by atoms with van der Waals surface area (Å²) >= 11 is 0. The van der Waals surface area contributed by atoms with Crippen LogP contribution in [0, 0.1) is 0 Å². The predicted octanol–water partition coefficient (Wildman–Crippen LogP) is 2.92. The van der Waals surface area contributed by atoms with Crippen molar-refractivity contribution in [3.63, 3.8) is 0 Å². The number of nitrogens with one attached hydrogen (secondary N) is 1. The molecule has 0 unspecified atom stereocenters. The Bertz CT molecular complexity index is 606. The quantitative estimate of drug-likeness (QED) is 0.879. The Hall–Kier alpha value is -2.49. The first kappa shape index (κ1) is 12.5. The van der Waals surface area contributed by atoms with Gasteiger partial charge in [0, 0.05) is 29.0 Å². The summed E-state index contributed by atoms with van der Waals surface area (Å²) in [5.41, 5.74) is 9.73. The number of amides is 2. The summed E-state index contributed by atoms with van der Waals surface area (Å²) in [7, 11) is 0. The van der Waals surface area contributed by atoms with Gasteiger partial charge in [0.1, 0.15) is 0 Å². The van der Waals surface area contributed by atoms with Gasteiger partial charge in [-0.1, -0.05) is 36.4 Å². The van der Waals surface area contributed by atoms with Crippen LogP contribution in [0.4, 0.5) is 16.2 Å². The van der Waals surface area contributed by atoms with Crippen molar-refractivity contribution in [2.24, 2.45) is 5.73 Å². The van der Waals surface area contributed by atoms with Crippen LogP contribution >= 0.6 is 0 Å². The van der Waals surface area contributed by atoms with Crippen LogP contribution in [-0.4, -0.2) is 12.6 Å². The van der Waals surface area contributed by atoms with Crippen LogP contribution in [0.3, 0.4) is 0 Å². The summed E-state index contributed by atoms with van der Waals surface area (Å²) in [5, 5.41) is 2.85. The van der Waals surface area contributed by atoms with Crippen LogP contribution < -0.4 is 16.0 Å². The second-order valence-electron chi connectivity index (χ2n) is 4.80. The number of rotatable bonds is 2. The zero-order valence-electron chi connectivity index (χ0n) is 11.3. The minimum absolute atomic E-state index is 0.192. The van der Waals surface area contributed by atoms with Crippen LogP contribution in [0.1, 0.15) is 24.1 Å². The van der Waals surface area contributed by atoms with Crippen LogP contribution in [0.5, 0.6) is 0 Å². The monoisotopic (exact) mass is 267 g/mol. The molecular formula is C16H17N3O. The number of nitrogens with two attached hydrogens (primary N) is 1. The molecule has 0 fully saturated rings. The number of primary amides is 1. The van der Waals surface area contributed by atoms with Gasteiger partial charge in [-0.2, -0.15) is 0 Å². The zero-order valence-corrected chi connectivity index (χ0v) is 11.3.